The zero-order chi connectivity index (χ0) is 15.9. The summed E-state index contributed by atoms with van der Waals surface area (Å²) in [7, 11) is 0. The second kappa shape index (κ2) is 7.94. The second-order valence-corrected chi connectivity index (χ2v) is 5.54. The smallest absolute Gasteiger partial charge is 0.255 e. The maximum atomic E-state index is 13.2. The van der Waals surface area contributed by atoms with Gasteiger partial charge in [-0.25, -0.2) is 4.39 Å². The molecule has 2 rings (SSSR count). The van der Waals surface area contributed by atoms with Gasteiger partial charge in [-0.1, -0.05) is 18.2 Å². The number of carbonyl (C=O) groups is 1. The molecular weight excluding hydrogens is 349 g/mol. The van der Waals surface area contributed by atoms with Crippen molar-refractivity contribution >= 4 is 21.8 Å². The third kappa shape index (κ3) is 4.31. The summed E-state index contributed by atoms with van der Waals surface area (Å²) in [5, 5.41) is 2.85. The Morgan fingerprint density at radius 1 is 1.27 bits per heavy atom. The highest BCUT2D eigenvalue weighted by molar-refractivity contribution is 9.10. The lowest BCUT2D eigenvalue weighted by Gasteiger charge is -2.10. The minimum Gasteiger partial charge on any atom is -0.493 e. The number of ether oxygens (including phenoxy) is 1. The normalized spacial score (nSPS) is 10.3. The van der Waals surface area contributed by atoms with Gasteiger partial charge in [-0.2, -0.15) is 0 Å². The van der Waals surface area contributed by atoms with Gasteiger partial charge < -0.3 is 10.1 Å². The molecule has 0 aliphatic heterocycles. The molecule has 0 atom stereocenters. The minimum atomic E-state index is -0.293. The van der Waals surface area contributed by atoms with E-state index in [2.05, 4.69) is 21.2 Å². The predicted molar refractivity (Wildman–Crippen MR) is 87.7 cm³/mol. The average molecular weight is 366 g/mol. The highest BCUT2D eigenvalue weighted by atomic mass is 79.9. The fourth-order valence-corrected chi connectivity index (χ4v) is 2.47. The molecule has 0 bridgehead atoms. The van der Waals surface area contributed by atoms with E-state index in [-0.39, 0.29) is 11.7 Å². The van der Waals surface area contributed by atoms with Gasteiger partial charge in [0.25, 0.3) is 5.91 Å². The SMILES string of the molecule is CCOc1ccccc1C(=O)NCCc1ccc(F)c(Br)c1. The van der Waals surface area contributed by atoms with Gasteiger partial charge in [0, 0.05) is 6.54 Å². The van der Waals surface area contributed by atoms with Crippen LogP contribution in [0.1, 0.15) is 22.8 Å². The van der Waals surface area contributed by atoms with E-state index in [0.717, 1.165) is 5.56 Å². The van der Waals surface area contributed by atoms with Crippen molar-refractivity contribution in [3.8, 4) is 5.75 Å². The number of benzene rings is 2. The Labute approximate surface area is 137 Å². The van der Waals surface area contributed by atoms with E-state index in [1.54, 1.807) is 30.3 Å². The largest absolute Gasteiger partial charge is 0.493 e. The van der Waals surface area contributed by atoms with Gasteiger partial charge in [0.15, 0.2) is 0 Å². The molecule has 3 nitrogen and oxygen atoms in total. The van der Waals surface area contributed by atoms with Crippen LogP contribution < -0.4 is 10.1 Å². The highest BCUT2D eigenvalue weighted by Crippen LogP contribution is 2.18. The lowest BCUT2D eigenvalue weighted by Crippen LogP contribution is -2.26. The summed E-state index contributed by atoms with van der Waals surface area (Å²) >= 11 is 3.15. The first-order valence-electron chi connectivity index (χ1n) is 7.05. The number of rotatable bonds is 6. The maximum absolute atomic E-state index is 13.2. The molecule has 0 aromatic heterocycles. The molecule has 0 spiro atoms. The van der Waals surface area contributed by atoms with Gasteiger partial charge in [-0.05, 0) is 59.1 Å². The summed E-state index contributed by atoms with van der Waals surface area (Å²) in [5.74, 6) is 0.107. The summed E-state index contributed by atoms with van der Waals surface area (Å²) in [5.41, 5.74) is 1.47. The first kappa shape index (κ1) is 16.5. The predicted octanol–water partition coefficient (Wildman–Crippen LogP) is 3.96. The molecular formula is C17H17BrFNO2. The number of para-hydroxylation sites is 1. The van der Waals surface area contributed by atoms with Gasteiger partial charge in [-0.15, -0.1) is 0 Å². The van der Waals surface area contributed by atoms with Crippen molar-refractivity contribution in [1.29, 1.82) is 0 Å². The zero-order valence-corrected chi connectivity index (χ0v) is 13.8. The number of carbonyl (C=O) groups excluding carboxylic acids is 1. The van der Waals surface area contributed by atoms with Crippen LogP contribution in [0.2, 0.25) is 0 Å². The summed E-state index contributed by atoms with van der Waals surface area (Å²) in [6.07, 6.45) is 0.626. The topological polar surface area (TPSA) is 38.3 Å². The maximum Gasteiger partial charge on any atom is 0.255 e. The van der Waals surface area contributed by atoms with Gasteiger partial charge in [-0.3, -0.25) is 4.79 Å². The van der Waals surface area contributed by atoms with Crippen molar-refractivity contribution < 1.29 is 13.9 Å². The Kier molecular flexibility index (Phi) is 5.95. The van der Waals surface area contributed by atoms with Crippen LogP contribution >= 0.6 is 15.9 Å². The first-order valence-corrected chi connectivity index (χ1v) is 7.85. The second-order valence-electron chi connectivity index (χ2n) is 4.68. The third-order valence-corrected chi connectivity index (χ3v) is 3.72. The van der Waals surface area contributed by atoms with E-state index in [1.165, 1.54) is 6.07 Å². The minimum absolute atomic E-state index is 0.176. The fraction of sp³-hybridized carbons (Fsp3) is 0.235. The molecule has 2 aromatic rings. The van der Waals surface area contributed by atoms with Gasteiger partial charge in [0.05, 0.1) is 16.6 Å². The standard InChI is InChI=1S/C17H17BrFNO2/c1-2-22-16-6-4-3-5-13(16)17(21)20-10-9-12-7-8-15(19)14(18)11-12/h3-8,11H,2,9-10H2,1H3,(H,20,21). The molecule has 1 amide bonds. The van der Waals surface area contributed by atoms with Crippen molar-refractivity contribution in [2.24, 2.45) is 0 Å². The van der Waals surface area contributed by atoms with E-state index < -0.39 is 0 Å². The Hall–Kier alpha value is -1.88. The fourth-order valence-electron chi connectivity index (χ4n) is 2.05. The summed E-state index contributed by atoms with van der Waals surface area (Å²) in [6, 6.07) is 12.0. The molecule has 0 fully saturated rings. The van der Waals surface area contributed by atoms with Crippen molar-refractivity contribution in [2.45, 2.75) is 13.3 Å². The van der Waals surface area contributed by atoms with Crippen LogP contribution in [-0.2, 0) is 6.42 Å². The monoisotopic (exact) mass is 365 g/mol. The lowest BCUT2D eigenvalue weighted by molar-refractivity contribution is 0.0950. The molecule has 0 saturated carbocycles. The summed E-state index contributed by atoms with van der Waals surface area (Å²) in [6.45, 7) is 2.85. The zero-order valence-electron chi connectivity index (χ0n) is 12.2. The van der Waals surface area contributed by atoms with Crippen LogP contribution in [0.15, 0.2) is 46.9 Å². The van der Waals surface area contributed by atoms with Crippen LogP contribution in [0.4, 0.5) is 4.39 Å². The molecule has 0 saturated heterocycles. The van der Waals surface area contributed by atoms with Crippen LogP contribution in [0.5, 0.6) is 5.75 Å². The summed E-state index contributed by atoms with van der Waals surface area (Å²) < 4.78 is 19.0. The Morgan fingerprint density at radius 2 is 2.05 bits per heavy atom. The van der Waals surface area contributed by atoms with E-state index in [1.807, 2.05) is 13.0 Å². The van der Waals surface area contributed by atoms with E-state index in [4.69, 9.17) is 4.74 Å². The van der Waals surface area contributed by atoms with Crippen molar-refractivity contribution in [1.82, 2.24) is 5.32 Å². The highest BCUT2D eigenvalue weighted by Gasteiger charge is 2.11. The van der Waals surface area contributed by atoms with E-state index in [9.17, 15) is 9.18 Å². The average Bonchev–Trinajstić information content (AvgIpc) is 2.51. The molecule has 2 aromatic carbocycles. The number of halogens is 2. The van der Waals surface area contributed by atoms with Crippen LogP contribution in [0.3, 0.4) is 0 Å². The van der Waals surface area contributed by atoms with Gasteiger partial charge in [0.2, 0.25) is 0 Å². The molecule has 0 heterocycles. The lowest BCUT2D eigenvalue weighted by atomic mass is 10.1. The molecule has 0 radical (unpaired) electrons. The van der Waals surface area contributed by atoms with Crippen molar-refractivity contribution in [3.63, 3.8) is 0 Å². The molecule has 22 heavy (non-hydrogen) atoms. The molecule has 0 aliphatic rings. The van der Waals surface area contributed by atoms with Gasteiger partial charge >= 0.3 is 0 Å². The number of hydrogen-bond donors (Lipinski definition) is 1. The van der Waals surface area contributed by atoms with Crippen LogP contribution in [-0.4, -0.2) is 19.1 Å². The molecule has 0 aliphatic carbocycles. The van der Waals surface area contributed by atoms with Crippen molar-refractivity contribution in [2.75, 3.05) is 13.2 Å². The van der Waals surface area contributed by atoms with E-state index >= 15 is 0 Å². The summed E-state index contributed by atoms with van der Waals surface area (Å²) in [4.78, 5) is 12.2. The van der Waals surface area contributed by atoms with Gasteiger partial charge in [0.1, 0.15) is 11.6 Å². The van der Waals surface area contributed by atoms with Crippen molar-refractivity contribution in [3.05, 3.63) is 63.9 Å². The number of nitrogens with one attached hydrogen (secondary N) is 1. The molecule has 5 heteroatoms. The number of hydrogen-bond acceptors (Lipinski definition) is 2. The van der Waals surface area contributed by atoms with E-state index in [0.29, 0.717) is 35.4 Å². The molecule has 0 unspecified atom stereocenters. The Morgan fingerprint density at radius 3 is 2.77 bits per heavy atom. The Balaban J connectivity index is 1.94. The first-order chi connectivity index (χ1) is 10.6. The molecule has 1 N–H and O–H groups in total. The number of amides is 1. The third-order valence-electron chi connectivity index (χ3n) is 3.11. The van der Waals surface area contributed by atoms with Crippen LogP contribution in [0.25, 0.3) is 0 Å². The Bertz CT molecular complexity index is 661. The molecule has 116 valence electrons. The quantitative estimate of drug-likeness (QED) is 0.841. The van der Waals surface area contributed by atoms with Crippen LogP contribution in [0, 0.1) is 5.82 Å².